The summed E-state index contributed by atoms with van der Waals surface area (Å²) in [6, 6.07) is 5.58. The normalized spacial score (nSPS) is 16.8. The van der Waals surface area contributed by atoms with Crippen LogP contribution >= 0.6 is 0 Å². The second-order valence-electron chi connectivity index (χ2n) is 4.99. The number of carbonyl (C=O) groups is 2. The Kier molecular flexibility index (Phi) is 3.11. The van der Waals surface area contributed by atoms with Crippen molar-refractivity contribution in [3.63, 3.8) is 0 Å². The number of aliphatic carboxylic acids is 1. The summed E-state index contributed by atoms with van der Waals surface area (Å²) >= 11 is 0. The maximum Gasteiger partial charge on any atom is 0.319 e. The van der Waals surface area contributed by atoms with Gasteiger partial charge in [-0.05, 0) is 49.9 Å². The molecule has 1 aliphatic carbocycles. The fourth-order valence-electron chi connectivity index (χ4n) is 2.14. The van der Waals surface area contributed by atoms with Gasteiger partial charge in [-0.25, -0.2) is 0 Å². The van der Waals surface area contributed by atoms with Gasteiger partial charge in [0, 0.05) is 5.69 Å². The van der Waals surface area contributed by atoms with E-state index in [0.29, 0.717) is 18.5 Å². The van der Waals surface area contributed by atoms with Crippen molar-refractivity contribution in [3.8, 4) is 0 Å². The maximum absolute atomic E-state index is 12.1. The molecular formula is C14H17NO3. The molecule has 0 unspecified atom stereocenters. The van der Waals surface area contributed by atoms with E-state index in [9.17, 15) is 14.7 Å². The van der Waals surface area contributed by atoms with Gasteiger partial charge in [0.05, 0.1) is 0 Å². The summed E-state index contributed by atoms with van der Waals surface area (Å²) < 4.78 is 0. The van der Waals surface area contributed by atoms with Crippen LogP contribution in [-0.2, 0) is 9.59 Å². The number of benzene rings is 1. The van der Waals surface area contributed by atoms with Crippen LogP contribution in [0.1, 0.15) is 30.4 Å². The second kappa shape index (κ2) is 4.44. The summed E-state index contributed by atoms with van der Waals surface area (Å²) in [4.78, 5) is 23.3. The molecule has 4 nitrogen and oxygen atoms in total. The molecule has 1 aliphatic rings. The lowest BCUT2D eigenvalue weighted by molar-refractivity contribution is -0.159. The number of aryl methyl sites for hydroxylation is 2. The highest BCUT2D eigenvalue weighted by atomic mass is 16.4. The lowest BCUT2D eigenvalue weighted by Crippen LogP contribution is -2.48. The second-order valence-corrected chi connectivity index (χ2v) is 4.99. The van der Waals surface area contributed by atoms with Crippen molar-refractivity contribution >= 4 is 17.6 Å². The lowest BCUT2D eigenvalue weighted by atomic mass is 9.68. The predicted molar refractivity (Wildman–Crippen MR) is 68.5 cm³/mol. The predicted octanol–water partition coefficient (Wildman–Crippen LogP) is 2.50. The van der Waals surface area contributed by atoms with Crippen LogP contribution in [0.5, 0.6) is 0 Å². The van der Waals surface area contributed by atoms with E-state index in [4.69, 9.17) is 0 Å². The average molecular weight is 247 g/mol. The van der Waals surface area contributed by atoms with Crippen molar-refractivity contribution < 1.29 is 14.7 Å². The van der Waals surface area contributed by atoms with Crippen LogP contribution in [0.15, 0.2) is 18.2 Å². The Hall–Kier alpha value is -1.84. The Morgan fingerprint density at radius 1 is 1.22 bits per heavy atom. The molecule has 0 heterocycles. The molecule has 0 spiro atoms. The zero-order chi connectivity index (χ0) is 13.3. The summed E-state index contributed by atoms with van der Waals surface area (Å²) in [6.07, 6.45) is 1.66. The Bertz CT molecular complexity index is 504. The van der Waals surface area contributed by atoms with Crippen LogP contribution < -0.4 is 5.32 Å². The highest BCUT2D eigenvalue weighted by Gasteiger charge is 2.51. The van der Waals surface area contributed by atoms with E-state index in [-0.39, 0.29) is 0 Å². The lowest BCUT2D eigenvalue weighted by Gasteiger charge is -2.35. The minimum Gasteiger partial charge on any atom is -0.480 e. The van der Waals surface area contributed by atoms with E-state index in [1.807, 2.05) is 26.0 Å². The maximum atomic E-state index is 12.1. The molecule has 0 aromatic heterocycles. The van der Waals surface area contributed by atoms with E-state index >= 15 is 0 Å². The molecule has 2 rings (SSSR count). The van der Waals surface area contributed by atoms with E-state index in [1.54, 1.807) is 6.07 Å². The summed E-state index contributed by atoms with van der Waals surface area (Å²) in [5.41, 5.74) is 1.67. The third-order valence-corrected chi connectivity index (χ3v) is 3.82. The smallest absolute Gasteiger partial charge is 0.319 e. The summed E-state index contributed by atoms with van der Waals surface area (Å²) in [6.45, 7) is 3.95. The van der Waals surface area contributed by atoms with Crippen LogP contribution in [0.2, 0.25) is 0 Å². The molecule has 1 fully saturated rings. The van der Waals surface area contributed by atoms with Crippen molar-refractivity contribution in [1.82, 2.24) is 0 Å². The Balaban J connectivity index is 2.16. The van der Waals surface area contributed by atoms with Crippen LogP contribution in [0, 0.1) is 19.3 Å². The number of hydrogen-bond acceptors (Lipinski definition) is 2. The largest absolute Gasteiger partial charge is 0.480 e. The molecule has 18 heavy (non-hydrogen) atoms. The molecule has 0 saturated heterocycles. The third kappa shape index (κ3) is 1.98. The number of nitrogens with one attached hydrogen (secondary N) is 1. The van der Waals surface area contributed by atoms with Crippen molar-refractivity contribution in [2.75, 3.05) is 5.32 Å². The molecule has 1 aromatic carbocycles. The van der Waals surface area contributed by atoms with Crippen molar-refractivity contribution in [3.05, 3.63) is 29.3 Å². The molecule has 1 aromatic rings. The van der Waals surface area contributed by atoms with Gasteiger partial charge >= 0.3 is 5.97 Å². The highest BCUT2D eigenvalue weighted by molar-refractivity contribution is 6.09. The van der Waals surface area contributed by atoms with E-state index in [1.165, 1.54) is 0 Å². The Labute approximate surface area is 106 Å². The molecular weight excluding hydrogens is 230 g/mol. The molecule has 0 radical (unpaired) electrons. The zero-order valence-electron chi connectivity index (χ0n) is 10.6. The van der Waals surface area contributed by atoms with E-state index < -0.39 is 17.3 Å². The van der Waals surface area contributed by atoms with Crippen molar-refractivity contribution in [1.29, 1.82) is 0 Å². The van der Waals surface area contributed by atoms with E-state index in [2.05, 4.69) is 5.32 Å². The van der Waals surface area contributed by atoms with Crippen LogP contribution in [-0.4, -0.2) is 17.0 Å². The number of amides is 1. The van der Waals surface area contributed by atoms with Gasteiger partial charge in [-0.3, -0.25) is 9.59 Å². The van der Waals surface area contributed by atoms with Gasteiger partial charge in [-0.2, -0.15) is 0 Å². The average Bonchev–Trinajstić information content (AvgIpc) is 2.21. The van der Waals surface area contributed by atoms with Crippen molar-refractivity contribution in [2.45, 2.75) is 33.1 Å². The number of anilines is 1. The number of carboxylic acids is 1. The quantitative estimate of drug-likeness (QED) is 0.806. The zero-order valence-corrected chi connectivity index (χ0v) is 10.6. The SMILES string of the molecule is Cc1ccc(NC(=O)C2(C(=O)O)CCC2)cc1C. The first-order chi connectivity index (χ1) is 8.45. The molecule has 1 amide bonds. The summed E-state index contributed by atoms with van der Waals surface area (Å²) in [7, 11) is 0. The van der Waals surface area contributed by atoms with Gasteiger partial charge in [0.25, 0.3) is 0 Å². The van der Waals surface area contributed by atoms with Gasteiger partial charge in [-0.15, -0.1) is 0 Å². The van der Waals surface area contributed by atoms with Crippen LogP contribution in [0.3, 0.4) is 0 Å². The monoisotopic (exact) mass is 247 g/mol. The molecule has 0 bridgehead atoms. The fraction of sp³-hybridized carbons (Fsp3) is 0.429. The Morgan fingerprint density at radius 2 is 1.89 bits per heavy atom. The van der Waals surface area contributed by atoms with E-state index in [0.717, 1.165) is 17.5 Å². The highest BCUT2D eigenvalue weighted by Crippen LogP contribution is 2.42. The number of hydrogen-bond donors (Lipinski definition) is 2. The van der Waals surface area contributed by atoms with Gasteiger partial charge in [0.2, 0.25) is 5.91 Å². The van der Waals surface area contributed by atoms with Gasteiger partial charge in [0.1, 0.15) is 5.41 Å². The Morgan fingerprint density at radius 3 is 2.33 bits per heavy atom. The summed E-state index contributed by atoms with van der Waals surface area (Å²) in [5.74, 6) is -1.42. The third-order valence-electron chi connectivity index (χ3n) is 3.82. The van der Waals surface area contributed by atoms with Gasteiger partial charge < -0.3 is 10.4 Å². The number of carboxylic acid groups (broad SMARTS) is 1. The number of rotatable bonds is 3. The molecule has 0 aliphatic heterocycles. The first kappa shape index (κ1) is 12.6. The molecule has 2 N–H and O–H groups in total. The topological polar surface area (TPSA) is 66.4 Å². The summed E-state index contributed by atoms with van der Waals surface area (Å²) in [5, 5.41) is 11.9. The minimum atomic E-state index is -1.21. The van der Waals surface area contributed by atoms with Gasteiger partial charge in [-0.1, -0.05) is 12.5 Å². The van der Waals surface area contributed by atoms with Gasteiger partial charge in [0.15, 0.2) is 0 Å². The molecule has 96 valence electrons. The first-order valence-corrected chi connectivity index (χ1v) is 6.08. The first-order valence-electron chi connectivity index (χ1n) is 6.08. The van der Waals surface area contributed by atoms with Crippen LogP contribution in [0.25, 0.3) is 0 Å². The fourth-order valence-corrected chi connectivity index (χ4v) is 2.14. The minimum absolute atomic E-state index is 0.399. The molecule has 1 saturated carbocycles. The molecule has 4 heteroatoms. The number of carbonyl (C=O) groups excluding carboxylic acids is 1. The molecule has 0 atom stereocenters. The van der Waals surface area contributed by atoms with Crippen molar-refractivity contribution in [2.24, 2.45) is 5.41 Å². The van der Waals surface area contributed by atoms with Crippen LogP contribution in [0.4, 0.5) is 5.69 Å². The standard InChI is InChI=1S/C14H17NO3/c1-9-4-5-11(8-10(9)2)15-12(16)14(13(17)18)6-3-7-14/h4-5,8H,3,6-7H2,1-2H3,(H,15,16)(H,17,18).